The van der Waals surface area contributed by atoms with Crippen LogP contribution in [0.5, 0.6) is 0 Å². The Balaban J connectivity index is 3.36. The van der Waals surface area contributed by atoms with Gasteiger partial charge in [0.2, 0.25) is 5.91 Å². The Hall–Kier alpha value is -2.18. The first-order valence-corrected chi connectivity index (χ1v) is 33.9. The van der Waals surface area contributed by atoms with E-state index in [9.17, 15) is 19.8 Å². The van der Waals surface area contributed by atoms with Crippen LogP contribution < -0.4 is 5.32 Å². The van der Waals surface area contributed by atoms with Gasteiger partial charge in [0.05, 0.1) is 25.4 Å². The van der Waals surface area contributed by atoms with Crippen LogP contribution in [0, 0.1) is 0 Å². The SMILES string of the molecule is CCCCCCCC/C=C\CCCCCCCC(=O)OCCCCCCCCCCCCC/C=C\C/C=C\CCCCCCCCCCCCCCCCCCCC(=O)NC(CO)C(O)/C=C/CCCCCCCCC. The normalized spacial score (nSPS) is 12.8. The van der Waals surface area contributed by atoms with Crippen molar-refractivity contribution in [1.29, 1.82) is 0 Å². The van der Waals surface area contributed by atoms with E-state index in [1.807, 2.05) is 6.08 Å². The minimum Gasteiger partial charge on any atom is -0.466 e. The van der Waals surface area contributed by atoms with Crippen LogP contribution in [0.3, 0.4) is 0 Å². The number of unbranched alkanes of at least 4 members (excludes halogenated alkanes) is 46. The number of aliphatic hydroxyl groups is 2. The Morgan fingerprint density at radius 3 is 1.01 bits per heavy atom. The first kappa shape index (κ1) is 73.8. The lowest BCUT2D eigenvalue weighted by atomic mass is 10.0. The molecule has 0 radical (unpaired) electrons. The molecule has 0 aliphatic heterocycles. The largest absolute Gasteiger partial charge is 0.466 e. The van der Waals surface area contributed by atoms with Crippen LogP contribution in [-0.2, 0) is 14.3 Å². The predicted molar refractivity (Wildman–Crippen MR) is 333 cm³/mol. The van der Waals surface area contributed by atoms with Gasteiger partial charge in [0.25, 0.3) is 0 Å². The van der Waals surface area contributed by atoms with Crippen molar-refractivity contribution in [3.05, 3.63) is 48.6 Å². The molecule has 0 aromatic rings. The van der Waals surface area contributed by atoms with E-state index in [1.165, 1.54) is 283 Å². The summed E-state index contributed by atoms with van der Waals surface area (Å²) in [5, 5.41) is 23.0. The molecule has 0 bridgehead atoms. The first-order valence-electron chi connectivity index (χ1n) is 33.9. The van der Waals surface area contributed by atoms with E-state index in [1.54, 1.807) is 6.08 Å². The lowest BCUT2D eigenvalue weighted by molar-refractivity contribution is -0.143. The van der Waals surface area contributed by atoms with Gasteiger partial charge in [0, 0.05) is 12.8 Å². The van der Waals surface area contributed by atoms with Gasteiger partial charge in [0.1, 0.15) is 0 Å². The molecule has 2 atom stereocenters. The summed E-state index contributed by atoms with van der Waals surface area (Å²) in [7, 11) is 0. The molecular weight excluding hydrogens is 935 g/mol. The van der Waals surface area contributed by atoms with Gasteiger partial charge in [0.15, 0.2) is 0 Å². The topological polar surface area (TPSA) is 95.9 Å². The molecule has 446 valence electrons. The van der Waals surface area contributed by atoms with E-state index in [0.29, 0.717) is 19.4 Å². The minimum absolute atomic E-state index is 0.00846. The zero-order chi connectivity index (χ0) is 55.0. The molecule has 76 heavy (non-hydrogen) atoms. The molecule has 6 heteroatoms. The zero-order valence-corrected chi connectivity index (χ0v) is 51.0. The zero-order valence-electron chi connectivity index (χ0n) is 51.0. The van der Waals surface area contributed by atoms with Crippen molar-refractivity contribution in [3.63, 3.8) is 0 Å². The van der Waals surface area contributed by atoms with Crippen LogP contribution in [0.4, 0.5) is 0 Å². The van der Waals surface area contributed by atoms with Gasteiger partial charge in [-0.3, -0.25) is 9.59 Å². The average Bonchev–Trinajstić information content (AvgIpc) is 3.42. The van der Waals surface area contributed by atoms with Gasteiger partial charge in [-0.1, -0.05) is 306 Å². The number of carbonyl (C=O) groups excluding carboxylic acids is 2. The van der Waals surface area contributed by atoms with Crippen molar-refractivity contribution in [2.24, 2.45) is 0 Å². The van der Waals surface area contributed by atoms with E-state index >= 15 is 0 Å². The Labute approximate surface area is 474 Å². The van der Waals surface area contributed by atoms with Gasteiger partial charge < -0.3 is 20.3 Å². The summed E-state index contributed by atoms with van der Waals surface area (Å²) in [5.41, 5.74) is 0. The highest BCUT2D eigenvalue weighted by Gasteiger charge is 2.18. The molecule has 0 aliphatic carbocycles. The number of aliphatic hydroxyl groups excluding tert-OH is 2. The van der Waals surface area contributed by atoms with Crippen molar-refractivity contribution in [2.45, 2.75) is 373 Å². The van der Waals surface area contributed by atoms with E-state index in [-0.39, 0.29) is 18.5 Å². The van der Waals surface area contributed by atoms with Gasteiger partial charge in [-0.05, 0) is 89.9 Å². The Morgan fingerprint density at radius 2 is 0.658 bits per heavy atom. The van der Waals surface area contributed by atoms with E-state index in [4.69, 9.17) is 4.74 Å². The number of allylic oxidation sites excluding steroid dienone is 7. The van der Waals surface area contributed by atoms with Crippen molar-refractivity contribution in [2.75, 3.05) is 13.2 Å². The molecule has 2 unspecified atom stereocenters. The number of esters is 1. The minimum atomic E-state index is -0.841. The van der Waals surface area contributed by atoms with Crippen molar-refractivity contribution in [1.82, 2.24) is 5.32 Å². The van der Waals surface area contributed by atoms with Crippen LogP contribution in [0.25, 0.3) is 0 Å². The summed E-state index contributed by atoms with van der Waals surface area (Å²) in [6.07, 6.45) is 84.9. The summed E-state index contributed by atoms with van der Waals surface area (Å²) in [6.45, 7) is 4.88. The third-order valence-corrected chi connectivity index (χ3v) is 15.6. The molecule has 0 saturated heterocycles. The molecule has 0 fully saturated rings. The molecule has 6 nitrogen and oxygen atoms in total. The number of nitrogens with one attached hydrogen (secondary N) is 1. The van der Waals surface area contributed by atoms with E-state index in [2.05, 4.69) is 55.6 Å². The number of hydrogen-bond acceptors (Lipinski definition) is 5. The molecule has 0 saturated carbocycles. The number of amides is 1. The van der Waals surface area contributed by atoms with Gasteiger partial charge in [-0.15, -0.1) is 0 Å². The summed E-state index contributed by atoms with van der Waals surface area (Å²) in [4.78, 5) is 24.5. The first-order chi connectivity index (χ1) is 37.5. The second-order valence-corrected chi connectivity index (χ2v) is 23.1. The fourth-order valence-corrected chi connectivity index (χ4v) is 10.4. The maximum atomic E-state index is 12.4. The fraction of sp³-hybridized carbons (Fsp3) is 0.857. The number of rotatable bonds is 63. The van der Waals surface area contributed by atoms with Crippen LogP contribution >= 0.6 is 0 Å². The van der Waals surface area contributed by atoms with Gasteiger partial charge in [-0.25, -0.2) is 0 Å². The molecular formula is C70H131NO5. The summed E-state index contributed by atoms with van der Waals surface area (Å²) >= 11 is 0. The van der Waals surface area contributed by atoms with Crippen LogP contribution in [-0.4, -0.2) is 47.4 Å². The summed E-state index contributed by atoms with van der Waals surface area (Å²) < 4.78 is 5.49. The quantitative estimate of drug-likeness (QED) is 0.0320. The molecule has 3 N–H and O–H groups in total. The standard InChI is InChI=1S/C70H131NO5/c1-3-5-7-9-11-13-14-15-37-41-44-48-52-56-60-64-70(75)76-65-61-57-53-49-45-42-39-36-34-32-30-28-26-24-22-20-18-16-17-19-21-23-25-27-29-31-33-35-38-40-43-47-51-55-59-63-69(74)71-67(66-72)68(73)62-58-54-50-46-12-10-8-6-4-2/h15,18,20,24,26,37,58,62,67-68,72-73H,3-14,16-17,19,21-23,25,27-36,38-57,59-61,63-66H2,1-2H3,(H,71,74)/b20-18-,26-24-,37-15-,62-58+. The maximum absolute atomic E-state index is 12.4. The molecule has 1 amide bonds. The monoisotopic (exact) mass is 1070 g/mol. The summed E-state index contributed by atoms with van der Waals surface area (Å²) in [6, 6.07) is -0.624. The average molecular weight is 1070 g/mol. The molecule has 0 rings (SSSR count). The van der Waals surface area contributed by atoms with Crippen molar-refractivity contribution < 1.29 is 24.5 Å². The van der Waals surface area contributed by atoms with Gasteiger partial charge >= 0.3 is 5.97 Å². The van der Waals surface area contributed by atoms with E-state index in [0.717, 1.165) is 51.4 Å². The Bertz CT molecular complexity index is 1270. The summed E-state index contributed by atoms with van der Waals surface area (Å²) in [5.74, 6) is -0.0593. The highest BCUT2D eigenvalue weighted by molar-refractivity contribution is 5.76. The van der Waals surface area contributed by atoms with Crippen LogP contribution in [0.1, 0.15) is 361 Å². The third kappa shape index (κ3) is 61.0. The Kier molecular flexibility index (Phi) is 63.5. The van der Waals surface area contributed by atoms with Gasteiger partial charge in [-0.2, -0.15) is 0 Å². The second-order valence-electron chi connectivity index (χ2n) is 23.1. The van der Waals surface area contributed by atoms with Crippen LogP contribution in [0.2, 0.25) is 0 Å². The lowest BCUT2D eigenvalue weighted by Crippen LogP contribution is -2.45. The number of carbonyl (C=O) groups is 2. The second kappa shape index (κ2) is 65.3. The van der Waals surface area contributed by atoms with Crippen molar-refractivity contribution in [3.8, 4) is 0 Å². The third-order valence-electron chi connectivity index (χ3n) is 15.6. The van der Waals surface area contributed by atoms with Crippen molar-refractivity contribution >= 4 is 11.9 Å². The molecule has 0 aliphatic rings. The Morgan fingerprint density at radius 1 is 0.368 bits per heavy atom. The molecule has 0 spiro atoms. The lowest BCUT2D eigenvalue weighted by Gasteiger charge is -2.20. The molecule has 0 heterocycles. The highest BCUT2D eigenvalue weighted by atomic mass is 16.5. The maximum Gasteiger partial charge on any atom is 0.305 e. The predicted octanol–water partition coefficient (Wildman–Crippen LogP) is 21.7. The molecule has 0 aromatic carbocycles. The van der Waals surface area contributed by atoms with E-state index < -0.39 is 12.1 Å². The smallest absolute Gasteiger partial charge is 0.305 e. The number of hydrogen-bond donors (Lipinski definition) is 3. The van der Waals surface area contributed by atoms with Crippen LogP contribution in [0.15, 0.2) is 48.6 Å². The fourth-order valence-electron chi connectivity index (χ4n) is 10.4. The number of ether oxygens (including phenoxy) is 1. The molecule has 0 aromatic heterocycles. The highest BCUT2D eigenvalue weighted by Crippen LogP contribution is 2.17.